The maximum Gasteiger partial charge on any atom is 0.241 e. The molecule has 0 radical (unpaired) electrons. The Balaban J connectivity index is 2.10. The second kappa shape index (κ2) is 5.42. The highest BCUT2D eigenvalue weighted by Crippen LogP contribution is 2.30. The van der Waals surface area contributed by atoms with Crippen LogP contribution in [0.3, 0.4) is 0 Å². The predicted molar refractivity (Wildman–Crippen MR) is 68.0 cm³/mol. The van der Waals surface area contributed by atoms with Crippen molar-refractivity contribution in [1.29, 1.82) is 5.26 Å². The van der Waals surface area contributed by atoms with Gasteiger partial charge in [-0.2, -0.15) is 5.26 Å². The zero-order valence-corrected chi connectivity index (χ0v) is 10.5. The molecule has 4 heteroatoms. The summed E-state index contributed by atoms with van der Waals surface area (Å²) in [4.78, 5) is 14.0. The number of hydrogen-bond donors (Lipinski definition) is 1. The van der Waals surface area contributed by atoms with Gasteiger partial charge in [0, 0.05) is 0 Å². The van der Waals surface area contributed by atoms with E-state index in [2.05, 4.69) is 12.0 Å². The minimum atomic E-state index is -0.489. The second-order valence-corrected chi connectivity index (χ2v) is 5.22. The molecule has 0 aromatic heterocycles. The highest BCUT2D eigenvalue weighted by atomic mass is 16.2. The van der Waals surface area contributed by atoms with Crippen LogP contribution in [0.15, 0.2) is 0 Å². The van der Waals surface area contributed by atoms with Crippen molar-refractivity contribution in [2.45, 2.75) is 56.7 Å². The van der Waals surface area contributed by atoms with Crippen LogP contribution in [0.2, 0.25) is 0 Å². The molecule has 1 aliphatic carbocycles. The molecule has 1 amide bonds. The number of hydrogen-bond acceptors (Lipinski definition) is 3. The van der Waals surface area contributed by atoms with Gasteiger partial charge in [0.05, 0.1) is 18.2 Å². The van der Waals surface area contributed by atoms with Crippen molar-refractivity contribution in [3.8, 4) is 18.4 Å². The van der Waals surface area contributed by atoms with E-state index in [0.29, 0.717) is 12.8 Å². The average molecular weight is 245 g/mol. The Morgan fingerprint density at radius 1 is 1.28 bits per heavy atom. The van der Waals surface area contributed by atoms with E-state index in [0.717, 1.165) is 25.7 Å². The molecule has 2 N–H and O–H groups in total. The van der Waals surface area contributed by atoms with Gasteiger partial charge in [-0.15, -0.1) is 6.42 Å². The first-order chi connectivity index (χ1) is 8.69. The monoisotopic (exact) mass is 245 g/mol. The molecule has 2 unspecified atom stereocenters. The van der Waals surface area contributed by atoms with E-state index in [1.165, 1.54) is 0 Å². The highest BCUT2D eigenvalue weighted by Gasteiger charge is 2.40. The first-order valence-electron chi connectivity index (χ1n) is 6.62. The number of likely N-dealkylation sites (tertiary alicyclic amines) is 1. The smallest absolute Gasteiger partial charge is 0.241 e. The van der Waals surface area contributed by atoms with Crippen LogP contribution < -0.4 is 5.73 Å². The van der Waals surface area contributed by atoms with Crippen molar-refractivity contribution in [1.82, 2.24) is 4.90 Å². The molecule has 1 saturated heterocycles. The summed E-state index contributed by atoms with van der Waals surface area (Å²) < 4.78 is 0. The van der Waals surface area contributed by atoms with Gasteiger partial charge in [-0.1, -0.05) is 18.8 Å². The molecular weight excluding hydrogens is 226 g/mol. The van der Waals surface area contributed by atoms with Crippen molar-refractivity contribution in [2.75, 3.05) is 0 Å². The number of carbonyl (C=O) groups excluding carboxylic acids is 1. The van der Waals surface area contributed by atoms with Gasteiger partial charge in [-0.25, -0.2) is 0 Å². The predicted octanol–water partition coefficient (Wildman–Crippen LogP) is 1.02. The van der Waals surface area contributed by atoms with Gasteiger partial charge in [0.25, 0.3) is 0 Å². The molecule has 0 aromatic carbocycles. The fraction of sp³-hybridized carbons (Fsp3) is 0.714. The fourth-order valence-corrected chi connectivity index (χ4v) is 3.10. The van der Waals surface area contributed by atoms with Gasteiger partial charge in [0.1, 0.15) is 6.04 Å². The number of nitrogens with two attached hydrogens (primary N) is 1. The third kappa shape index (κ3) is 2.21. The molecule has 2 rings (SSSR count). The maximum absolute atomic E-state index is 12.4. The van der Waals surface area contributed by atoms with Crippen molar-refractivity contribution in [2.24, 2.45) is 11.7 Å². The van der Waals surface area contributed by atoms with E-state index in [1.54, 1.807) is 4.90 Å². The van der Waals surface area contributed by atoms with Gasteiger partial charge in [-0.3, -0.25) is 4.79 Å². The molecule has 0 bridgehead atoms. The lowest BCUT2D eigenvalue weighted by Crippen LogP contribution is -2.51. The first kappa shape index (κ1) is 12.9. The van der Waals surface area contributed by atoms with E-state index < -0.39 is 12.1 Å². The molecule has 4 nitrogen and oxygen atoms in total. The number of terminal acetylenes is 1. The molecule has 1 saturated carbocycles. The number of carbonyl (C=O) groups is 1. The Hall–Kier alpha value is -1.52. The molecule has 2 fully saturated rings. The Morgan fingerprint density at radius 3 is 2.44 bits per heavy atom. The van der Waals surface area contributed by atoms with E-state index in [4.69, 9.17) is 17.4 Å². The first-order valence-corrected chi connectivity index (χ1v) is 6.62. The third-order valence-corrected chi connectivity index (χ3v) is 4.17. The van der Waals surface area contributed by atoms with Gasteiger partial charge in [-0.05, 0) is 31.6 Å². The SMILES string of the molecule is C#CC1CCC(C#N)N1C(=O)[C@@H](N)C1CCCC1. The molecule has 3 atom stereocenters. The summed E-state index contributed by atoms with van der Waals surface area (Å²) in [5.41, 5.74) is 6.07. The summed E-state index contributed by atoms with van der Waals surface area (Å²) in [6, 6.07) is 1.02. The van der Waals surface area contributed by atoms with E-state index >= 15 is 0 Å². The Bertz CT molecular complexity index is 378. The van der Waals surface area contributed by atoms with Crippen molar-refractivity contribution in [3.05, 3.63) is 0 Å². The van der Waals surface area contributed by atoms with Crippen LogP contribution in [0.5, 0.6) is 0 Å². The van der Waals surface area contributed by atoms with E-state index in [-0.39, 0.29) is 17.9 Å². The van der Waals surface area contributed by atoms with Crippen molar-refractivity contribution in [3.63, 3.8) is 0 Å². The van der Waals surface area contributed by atoms with Gasteiger partial charge < -0.3 is 10.6 Å². The van der Waals surface area contributed by atoms with Crippen molar-refractivity contribution < 1.29 is 4.79 Å². The maximum atomic E-state index is 12.4. The lowest BCUT2D eigenvalue weighted by molar-refractivity contribution is -0.134. The normalized spacial score (nSPS) is 29.8. The lowest BCUT2D eigenvalue weighted by atomic mass is 9.97. The van der Waals surface area contributed by atoms with Crippen LogP contribution in [-0.2, 0) is 4.79 Å². The Kier molecular flexibility index (Phi) is 3.89. The fourth-order valence-electron chi connectivity index (χ4n) is 3.10. The summed E-state index contributed by atoms with van der Waals surface area (Å²) in [5, 5.41) is 9.09. The largest absolute Gasteiger partial charge is 0.320 e. The lowest BCUT2D eigenvalue weighted by Gasteiger charge is -2.29. The summed E-state index contributed by atoms with van der Waals surface area (Å²) in [5.74, 6) is 2.73. The number of nitrogens with zero attached hydrogens (tertiary/aromatic N) is 2. The van der Waals surface area contributed by atoms with Crippen LogP contribution >= 0.6 is 0 Å². The Morgan fingerprint density at radius 2 is 1.89 bits per heavy atom. The summed E-state index contributed by atoms with van der Waals surface area (Å²) >= 11 is 0. The van der Waals surface area contributed by atoms with Crippen LogP contribution in [0, 0.1) is 29.6 Å². The molecular formula is C14H19N3O. The number of nitriles is 1. The zero-order chi connectivity index (χ0) is 13.1. The molecule has 2 aliphatic rings. The third-order valence-electron chi connectivity index (χ3n) is 4.17. The standard InChI is InChI=1S/C14H19N3O/c1-2-11-7-8-12(9-15)17(11)14(18)13(16)10-5-3-4-6-10/h1,10-13H,3-8,16H2/t11?,12?,13-/m0/s1. The highest BCUT2D eigenvalue weighted by molar-refractivity contribution is 5.83. The van der Waals surface area contributed by atoms with E-state index in [9.17, 15) is 4.79 Å². The topological polar surface area (TPSA) is 70.1 Å². The summed E-state index contributed by atoms with van der Waals surface area (Å²) in [7, 11) is 0. The van der Waals surface area contributed by atoms with Crippen molar-refractivity contribution >= 4 is 5.91 Å². The van der Waals surface area contributed by atoms with Gasteiger partial charge in [0.15, 0.2) is 0 Å². The molecule has 0 aromatic rings. The molecule has 0 spiro atoms. The van der Waals surface area contributed by atoms with Crippen LogP contribution in [0.1, 0.15) is 38.5 Å². The van der Waals surface area contributed by atoms with Crippen LogP contribution in [0.25, 0.3) is 0 Å². The number of amides is 1. The minimum Gasteiger partial charge on any atom is -0.320 e. The molecule has 1 heterocycles. The Labute approximate surface area is 108 Å². The van der Waals surface area contributed by atoms with Gasteiger partial charge in [0.2, 0.25) is 5.91 Å². The van der Waals surface area contributed by atoms with Gasteiger partial charge >= 0.3 is 0 Å². The number of rotatable bonds is 2. The van der Waals surface area contributed by atoms with Crippen LogP contribution in [-0.4, -0.2) is 28.9 Å². The summed E-state index contributed by atoms with van der Waals surface area (Å²) in [6.07, 6.45) is 11.1. The molecule has 1 aliphatic heterocycles. The second-order valence-electron chi connectivity index (χ2n) is 5.22. The minimum absolute atomic E-state index is 0.131. The molecule has 18 heavy (non-hydrogen) atoms. The zero-order valence-electron chi connectivity index (χ0n) is 10.5. The molecule has 96 valence electrons. The average Bonchev–Trinajstić information content (AvgIpc) is 3.05. The van der Waals surface area contributed by atoms with Crippen LogP contribution in [0.4, 0.5) is 0 Å². The quantitative estimate of drug-likeness (QED) is 0.738. The summed E-state index contributed by atoms with van der Waals surface area (Å²) in [6.45, 7) is 0. The van der Waals surface area contributed by atoms with E-state index in [1.807, 2.05) is 0 Å².